The van der Waals surface area contributed by atoms with Crippen molar-refractivity contribution in [3.05, 3.63) is 67.7 Å². The third-order valence-electron chi connectivity index (χ3n) is 5.38. The SMILES string of the molecule is O=C(c1cc(N2CCc3cccc(Br)c3C2)ccc1[N+](=O)[O-])N1CCCC1. The summed E-state index contributed by atoms with van der Waals surface area (Å²) < 4.78 is 1.07. The van der Waals surface area contributed by atoms with E-state index in [1.165, 1.54) is 17.2 Å². The van der Waals surface area contributed by atoms with Gasteiger partial charge in [0.2, 0.25) is 0 Å². The molecule has 0 aromatic heterocycles. The van der Waals surface area contributed by atoms with E-state index in [0.717, 1.165) is 36.0 Å². The monoisotopic (exact) mass is 429 g/mol. The highest BCUT2D eigenvalue weighted by molar-refractivity contribution is 9.10. The smallest absolute Gasteiger partial charge is 0.282 e. The molecule has 0 radical (unpaired) electrons. The maximum absolute atomic E-state index is 12.9. The number of nitro groups is 1. The lowest BCUT2D eigenvalue weighted by Gasteiger charge is -2.31. The standard InChI is InChI=1S/C20H20BrN3O3/c21-18-5-3-4-14-8-11-23(13-17(14)18)15-6-7-19(24(26)27)16(12-15)20(25)22-9-1-2-10-22/h3-7,12H,1-2,8-11,13H2. The molecule has 140 valence electrons. The van der Waals surface area contributed by atoms with Crippen LogP contribution in [0.15, 0.2) is 40.9 Å². The fraction of sp³-hybridized carbons (Fsp3) is 0.350. The normalized spacial score (nSPS) is 16.3. The van der Waals surface area contributed by atoms with Crippen molar-refractivity contribution in [1.29, 1.82) is 0 Å². The van der Waals surface area contributed by atoms with E-state index in [4.69, 9.17) is 0 Å². The van der Waals surface area contributed by atoms with Gasteiger partial charge in [0.15, 0.2) is 0 Å². The fourth-order valence-corrected chi connectivity index (χ4v) is 4.43. The molecule has 7 heteroatoms. The molecule has 0 spiro atoms. The zero-order valence-electron chi connectivity index (χ0n) is 14.9. The van der Waals surface area contributed by atoms with E-state index < -0.39 is 4.92 Å². The van der Waals surface area contributed by atoms with Crippen molar-refractivity contribution in [3.63, 3.8) is 0 Å². The van der Waals surface area contributed by atoms with Gasteiger partial charge in [-0.25, -0.2) is 0 Å². The molecule has 4 rings (SSSR count). The van der Waals surface area contributed by atoms with Crippen molar-refractivity contribution in [1.82, 2.24) is 4.90 Å². The van der Waals surface area contributed by atoms with E-state index in [1.54, 1.807) is 17.0 Å². The summed E-state index contributed by atoms with van der Waals surface area (Å²) in [6.45, 7) is 2.87. The molecule has 2 aromatic rings. The van der Waals surface area contributed by atoms with Gasteiger partial charge in [0.1, 0.15) is 5.56 Å². The third kappa shape index (κ3) is 3.43. The summed E-state index contributed by atoms with van der Waals surface area (Å²) in [6.07, 6.45) is 2.81. The largest absolute Gasteiger partial charge is 0.367 e. The van der Waals surface area contributed by atoms with Crippen LogP contribution in [0.5, 0.6) is 0 Å². The second-order valence-electron chi connectivity index (χ2n) is 7.01. The number of fused-ring (bicyclic) bond motifs is 1. The highest BCUT2D eigenvalue weighted by Gasteiger charge is 2.28. The Hall–Kier alpha value is -2.41. The number of halogens is 1. The second-order valence-corrected chi connectivity index (χ2v) is 7.86. The van der Waals surface area contributed by atoms with E-state index in [9.17, 15) is 14.9 Å². The Morgan fingerprint density at radius 1 is 1.11 bits per heavy atom. The zero-order chi connectivity index (χ0) is 19.0. The summed E-state index contributed by atoms with van der Waals surface area (Å²) >= 11 is 3.62. The first-order chi connectivity index (χ1) is 13.0. The van der Waals surface area contributed by atoms with Gasteiger partial charge < -0.3 is 9.80 Å². The van der Waals surface area contributed by atoms with Crippen molar-refractivity contribution in [3.8, 4) is 0 Å². The number of carbonyl (C=O) groups excluding carboxylic acids is 1. The van der Waals surface area contributed by atoms with Crippen LogP contribution in [-0.2, 0) is 13.0 Å². The van der Waals surface area contributed by atoms with Crippen LogP contribution in [0.4, 0.5) is 11.4 Å². The molecule has 6 nitrogen and oxygen atoms in total. The minimum Gasteiger partial charge on any atom is -0.367 e. The Kier molecular flexibility index (Phi) is 4.86. The molecule has 0 aliphatic carbocycles. The molecule has 2 aromatic carbocycles. The van der Waals surface area contributed by atoms with Crippen LogP contribution in [0.25, 0.3) is 0 Å². The summed E-state index contributed by atoms with van der Waals surface area (Å²) in [6, 6.07) is 11.1. The molecule has 1 saturated heterocycles. The molecule has 2 heterocycles. The van der Waals surface area contributed by atoms with Gasteiger partial charge in [0, 0.05) is 42.4 Å². The number of benzene rings is 2. The number of nitro benzene ring substituents is 1. The predicted octanol–water partition coefficient (Wildman–Crippen LogP) is 4.16. The summed E-state index contributed by atoms with van der Waals surface area (Å²) in [5.74, 6) is -0.236. The number of amides is 1. The molecular weight excluding hydrogens is 410 g/mol. The van der Waals surface area contributed by atoms with Gasteiger partial charge in [-0.15, -0.1) is 0 Å². The van der Waals surface area contributed by atoms with Gasteiger partial charge in [0.05, 0.1) is 4.92 Å². The minimum absolute atomic E-state index is 0.116. The summed E-state index contributed by atoms with van der Waals surface area (Å²) in [4.78, 5) is 27.7. The highest BCUT2D eigenvalue weighted by atomic mass is 79.9. The van der Waals surface area contributed by atoms with Gasteiger partial charge >= 0.3 is 0 Å². The van der Waals surface area contributed by atoms with Crippen molar-refractivity contribution in [2.75, 3.05) is 24.5 Å². The maximum Gasteiger partial charge on any atom is 0.282 e. The van der Waals surface area contributed by atoms with Crippen molar-refractivity contribution < 1.29 is 9.72 Å². The first-order valence-electron chi connectivity index (χ1n) is 9.13. The molecular formula is C20H20BrN3O3. The number of carbonyl (C=O) groups is 1. The summed E-state index contributed by atoms with van der Waals surface area (Å²) in [7, 11) is 0. The number of hydrogen-bond acceptors (Lipinski definition) is 4. The van der Waals surface area contributed by atoms with Crippen LogP contribution in [0, 0.1) is 10.1 Å². The topological polar surface area (TPSA) is 66.7 Å². The molecule has 1 fully saturated rings. The number of nitrogens with zero attached hydrogens (tertiary/aromatic N) is 3. The quantitative estimate of drug-likeness (QED) is 0.542. The second kappa shape index (κ2) is 7.31. The molecule has 1 amide bonds. The Bertz CT molecular complexity index is 909. The molecule has 27 heavy (non-hydrogen) atoms. The van der Waals surface area contributed by atoms with Gasteiger partial charge in [-0.2, -0.15) is 0 Å². The molecule has 2 aliphatic heterocycles. The number of likely N-dealkylation sites (tertiary alicyclic amines) is 1. The van der Waals surface area contributed by atoms with Gasteiger partial charge in [0.25, 0.3) is 11.6 Å². The Balaban J connectivity index is 1.68. The average Bonchev–Trinajstić information content (AvgIpc) is 3.22. The van der Waals surface area contributed by atoms with E-state index in [2.05, 4.69) is 26.9 Å². The Morgan fingerprint density at radius 2 is 1.89 bits per heavy atom. The molecule has 0 bridgehead atoms. The van der Waals surface area contributed by atoms with Crippen LogP contribution < -0.4 is 4.90 Å². The lowest BCUT2D eigenvalue weighted by Crippen LogP contribution is -2.31. The Labute approximate surface area is 166 Å². The number of anilines is 1. The van der Waals surface area contributed by atoms with Crippen molar-refractivity contribution in [2.24, 2.45) is 0 Å². The van der Waals surface area contributed by atoms with Crippen LogP contribution in [0.2, 0.25) is 0 Å². The lowest BCUT2D eigenvalue weighted by molar-refractivity contribution is -0.385. The maximum atomic E-state index is 12.9. The van der Waals surface area contributed by atoms with Crippen LogP contribution in [-0.4, -0.2) is 35.4 Å². The highest BCUT2D eigenvalue weighted by Crippen LogP contribution is 2.32. The third-order valence-corrected chi connectivity index (χ3v) is 6.12. The number of rotatable bonds is 3. The first-order valence-corrected chi connectivity index (χ1v) is 9.93. The van der Waals surface area contributed by atoms with E-state index >= 15 is 0 Å². The molecule has 2 aliphatic rings. The summed E-state index contributed by atoms with van der Waals surface area (Å²) in [5.41, 5.74) is 3.47. The lowest BCUT2D eigenvalue weighted by atomic mass is 9.99. The van der Waals surface area contributed by atoms with Gasteiger partial charge in [-0.1, -0.05) is 28.1 Å². The van der Waals surface area contributed by atoms with Crippen molar-refractivity contribution in [2.45, 2.75) is 25.8 Å². The fourth-order valence-electron chi connectivity index (χ4n) is 3.90. The number of hydrogen-bond donors (Lipinski definition) is 0. The van der Waals surface area contributed by atoms with Crippen LogP contribution in [0.1, 0.15) is 34.3 Å². The van der Waals surface area contributed by atoms with Crippen LogP contribution >= 0.6 is 15.9 Å². The predicted molar refractivity (Wildman–Crippen MR) is 107 cm³/mol. The van der Waals surface area contributed by atoms with Gasteiger partial charge in [-0.05, 0) is 48.6 Å². The average molecular weight is 430 g/mol. The molecule has 0 atom stereocenters. The summed E-state index contributed by atoms with van der Waals surface area (Å²) in [5, 5.41) is 11.5. The van der Waals surface area contributed by atoms with Gasteiger partial charge in [-0.3, -0.25) is 14.9 Å². The first kappa shape index (κ1) is 18.0. The van der Waals surface area contributed by atoms with E-state index in [-0.39, 0.29) is 17.2 Å². The minimum atomic E-state index is -0.463. The molecule has 0 unspecified atom stereocenters. The van der Waals surface area contributed by atoms with Crippen molar-refractivity contribution >= 4 is 33.2 Å². The molecule has 0 saturated carbocycles. The molecule has 0 N–H and O–H groups in total. The Morgan fingerprint density at radius 3 is 2.63 bits per heavy atom. The zero-order valence-corrected chi connectivity index (χ0v) is 16.4. The van der Waals surface area contributed by atoms with Crippen LogP contribution in [0.3, 0.4) is 0 Å². The van der Waals surface area contributed by atoms with E-state index in [1.807, 2.05) is 12.1 Å². The van der Waals surface area contributed by atoms with E-state index in [0.29, 0.717) is 19.6 Å².